The van der Waals surface area contributed by atoms with Crippen LogP contribution in [0.25, 0.3) is 0 Å². The summed E-state index contributed by atoms with van der Waals surface area (Å²) in [6.07, 6.45) is -1.24. The van der Waals surface area contributed by atoms with E-state index in [1.807, 2.05) is 0 Å². The molecule has 0 saturated carbocycles. The Morgan fingerprint density at radius 2 is 1.69 bits per heavy atom. The smallest absolute Gasteiger partial charge is 0.517 e. The number of hydrogen-bond acceptors (Lipinski definition) is 5. The van der Waals surface area contributed by atoms with Gasteiger partial charge in [0.15, 0.2) is 0 Å². The summed E-state index contributed by atoms with van der Waals surface area (Å²) in [4.78, 5) is 23.1. The molecule has 16 heavy (non-hydrogen) atoms. The second-order valence-corrected chi connectivity index (χ2v) is 3.62. The Bertz CT molecular complexity index is 209. The van der Waals surface area contributed by atoms with Crippen LogP contribution in [0.15, 0.2) is 0 Å². The van der Waals surface area contributed by atoms with Gasteiger partial charge in [-0.1, -0.05) is 0 Å². The maximum atomic E-state index is 10.1. The van der Waals surface area contributed by atoms with Gasteiger partial charge < -0.3 is 24.8 Å². The van der Waals surface area contributed by atoms with Crippen LogP contribution in [0, 0.1) is 0 Å². The molecule has 0 saturated heterocycles. The molecule has 0 aromatic heterocycles. The third-order valence-corrected chi connectivity index (χ3v) is 1.13. The SMILES string of the molecule is O=P(O)(O)OCC(O)CO.O=[Si](O)F.[Zn].[Zn]. The van der Waals surface area contributed by atoms with Crippen LogP contribution in [0.5, 0.6) is 0 Å². The van der Waals surface area contributed by atoms with Gasteiger partial charge in [0, 0.05) is 39.0 Å². The third kappa shape index (κ3) is 36.3. The van der Waals surface area contributed by atoms with E-state index in [4.69, 9.17) is 29.3 Å². The summed E-state index contributed by atoms with van der Waals surface area (Å²) in [6, 6.07) is 0. The van der Waals surface area contributed by atoms with Crippen molar-refractivity contribution in [1.82, 2.24) is 0 Å². The number of aliphatic hydroxyl groups is 2. The van der Waals surface area contributed by atoms with Crippen LogP contribution < -0.4 is 0 Å². The van der Waals surface area contributed by atoms with Gasteiger partial charge in [-0.05, 0) is 0 Å². The van der Waals surface area contributed by atoms with Crippen LogP contribution >= 0.6 is 7.82 Å². The molecular formula is C3H10FO8PSiZn2. The van der Waals surface area contributed by atoms with E-state index in [9.17, 15) is 8.67 Å². The van der Waals surface area contributed by atoms with Gasteiger partial charge in [0.25, 0.3) is 0 Å². The van der Waals surface area contributed by atoms with Crippen molar-refractivity contribution >= 4 is 17.1 Å². The predicted octanol–water partition coefficient (Wildman–Crippen LogP) is -2.19. The summed E-state index contributed by atoms with van der Waals surface area (Å²) in [6.45, 7) is -1.15. The second-order valence-electron chi connectivity index (χ2n) is 1.88. The Kier molecular flexibility index (Phi) is 22.7. The van der Waals surface area contributed by atoms with Crippen molar-refractivity contribution in [2.75, 3.05) is 13.2 Å². The number of halogens is 1. The van der Waals surface area contributed by atoms with Crippen LogP contribution in [-0.4, -0.2) is 53.4 Å². The Morgan fingerprint density at radius 3 is 1.88 bits per heavy atom. The van der Waals surface area contributed by atoms with Crippen molar-refractivity contribution in [2.45, 2.75) is 6.10 Å². The van der Waals surface area contributed by atoms with Crippen molar-refractivity contribution in [3.8, 4) is 0 Å². The Morgan fingerprint density at radius 1 is 1.38 bits per heavy atom. The molecule has 1 atom stereocenters. The summed E-state index contributed by atoms with van der Waals surface area (Å²) in [5.41, 5.74) is 0. The Balaban J connectivity index is -0.000000105. The van der Waals surface area contributed by atoms with Gasteiger partial charge in [-0.2, -0.15) is 4.11 Å². The molecule has 1 unspecified atom stereocenters. The molecule has 90 valence electrons. The first-order chi connectivity index (χ1) is 6.19. The maximum Gasteiger partial charge on any atom is 0.734 e. The summed E-state index contributed by atoms with van der Waals surface area (Å²) in [7, 11) is -8.13. The monoisotopic (exact) mass is 380 g/mol. The standard InChI is InChI=1S/C3H9O6P.FHO2Si.2Zn/c4-1-3(5)2-9-10(6,7)8;1-4(2)3;;/h3-5H,1-2H2,(H2,6,7,8);2H;;. The molecule has 0 amide bonds. The summed E-state index contributed by atoms with van der Waals surface area (Å²) in [5.74, 6) is 0. The minimum atomic E-state index is -4.50. The fourth-order valence-electron chi connectivity index (χ4n) is 0.236. The van der Waals surface area contributed by atoms with Crippen molar-refractivity contribution < 1.29 is 81.4 Å². The van der Waals surface area contributed by atoms with Gasteiger partial charge in [0.05, 0.1) is 13.2 Å². The van der Waals surface area contributed by atoms with E-state index in [2.05, 4.69) is 4.52 Å². The Hall–Kier alpha value is 1.02. The number of phosphoric ester groups is 1. The molecule has 0 aliphatic rings. The summed E-state index contributed by atoms with van der Waals surface area (Å²) < 4.78 is 32.4. The number of phosphoric acid groups is 1. The van der Waals surface area contributed by atoms with E-state index in [0.717, 1.165) is 0 Å². The quantitative estimate of drug-likeness (QED) is 0.209. The average molecular weight is 383 g/mol. The van der Waals surface area contributed by atoms with E-state index in [0.29, 0.717) is 0 Å². The molecule has 13 heteroatoms. The van der Waals surface area contributed by atoms with E-state index >= 15 is 0 Å². The van der Waals surface area contributed by atoms with Crippen molar-refractivity contribution in [1.29, 1.82) is 0 Å². The van der Waals surface area contributed by atoms with Crippen molar-refractivity contribution in [2.24, 2.45) is 0 Å². The molecule has 0 aromatic carbocycles. The molecule has 0 aromatic rings. The maximum absolute atomic E-state index is 10.1. The van der Waals surface area contributed by atoms with Crippen molar-refractivity contribution in [3.63, 3.8) is 0 Å². The minimum absolute atomic E-state index is 0. The number of aliphatic hydroxyl groups excluding tert-OH is 2. The molecule has 0 bridgehead atoms. The molecule has 8 nitrogen and oxygen atoms in total. The first-order valence-corrected chi connectivity index (χ1v) is 5.83. The van der Waals surface area contributed by atoms with Crippen molar-refractivity contribution in [3.05, 3.63) is 0 Å². The Labute approximate surface area is 118 Å². The fraction of sp³-hybridized carbons (Fsp3) is 1.00. The van der Waals surface area contributed by atoms with Crippen LogP contribution in [0.3, 0.4) is 0 Å². The van der Waals surface area contributed by atoms with E-state index in [1.54, 1.807) is 0 Å². The molecule has 0 radical (unpaired) electrons. The molecule has 5 N–H and O–H groups in total. The zero-order valence-corrected chi connectivity index (χ0v) is 16.0. The van der Waals surface area contributed by atoms with E-state index in [1.165, 1.54) is 0 Å². The minimum Gasteiger partial charge on any atom is -0.517 e. The first-order valence-electron chi connectivity index (χ1n) is 3.06. The molecule has 0 aliphatic carbocycles. The molecule has 0 rings (SSSR count). The molecule has 0 spiro atoms. The largest absolute Gasteiger partial charge is 0.734 e. The molecular weight excluding hydrogens is 373 g/mol. The van der Waals surface area contributed by atoms with Gasteiger partial charge in [-0.3, -0.25) is 8.99 Å². The summed E-state index contributed by atoms with van der Waals surface area (Å²) >= 11 is 0. The van der Waals surface area contributed by atoms with E-state index in [-0.39, 0.29) is 39.0 Å². The van der Waals surface area contributed by atoms with Crippen LogP contribution in [0.4, 0.5) is 4.11 Å². The first kappa shape index (κ1) is 25.8. The number of rotatable bonds is 4. The van der Waals surface area contributed by atoms with Gasteiger partial charge in [-0.25, -0.2) is 4.57 Å². The number of hydrogen-bond donors (Lipinski definition) is 5. The molecule has 0 aliphatic heterocycles. The molecule has 0 heterocycles. The second kappa shape index (κ2) is 14.1. The fourth-order valence-corrected chi connectivity index (χ4v) is 0.602. The van der Waals surface area contributed by atoms with E-state index < -0.39 is 36.4 Å². The zero-order chi connectivity index (χ0) is 11.8. The summed E-state index contributed by atoms with van der Waals surface area (Å²) in [5, 5.41) is 16.7. The third-order valence-electron chi connectivity index (χ3n) is 0.646. The normalized spacial score (nSPS) is 11.1. The van der Waals surface area contributed by atoms with Gasteiger partial charge in [0.2, 0.25) is 0 Å². The predicted molar refractivity (Wildman–Crippen MR) is 40.9 cm³/mol. The van der Waals surface area contributed by atoms with Crippen LogP contribution in [0.2, 0.25) is 0 Å². The van der Waals surface area contributed by atoms with Gasteiger partial charge >= 0.3 is 17.1 Å². The van der Waals surface area contributed by atoms with Crippen LogP contribution in [-0.2, 0) is 52.5 Å². The topological polar surface area (TPSA) is 145 Å². The zero-order valence-electron chi connectivity index (χ0n) is 8.19. The van der Waals surface area contributed by atoms with Gasteiger partial charge in [0.1, 0.15) is 6.10 Å². The molecule has 0 fully saturated rings. The van der Waals surface area contributed by atoms with Crippen LogP contribution in [0.1, 0.15) is 0 Å². The van der Waals surface area contributed by atoms with Gasteiger partial charge in [-0.15, -0.1) is 0 Å². The average Bonchev–Trinajstić information content (AvgIpc) is 1.97.